The first-order chi connectivity index (χ1) is 10.8. The molecule has 0 aliphatic rings. The van der Waals surface area contributed by atoms with E-state index >= 15 is 0 Å². The second-order valence-corrected chi connectivity index (χ2v) is 6.69. The minimum Gasteiger partial charge on any atom is -0.480 e. The number of carbonyl (C=O) groups is 2. The fourth-order valence-corrected chi connectivity index (χ4v) is 3.46. The summed E-state index contributed by atoms with van der Waals surface area (Å²) in [4.78, 5) is 22.6. The fraction of sp³-hybridized carbons (Fsp3) is 0.125. The van der Waals surface area contributed by atoms with Gasteiger partial charge in [-0.15, -0.1) is 0 Å². The SMILES string of the molecule is CC(=O)c1cccc(N(CC(=O)O)S(=O)(=O)c2ccccc2)c1. The van der Waals surface area contributed by atoms with Crippen LogP contribution in [0.15, 0.2) is 59.5 Å². The van der Waals surface area contributed by atoms with Crippen LogP contribution in [0.1, 0.15) is 17.3 Å². The Morgan fingerprint density at radius 2 is 1.70 bits per heavy atom. The van der Waals surface area contributed by atoms with Crippen LogP contribution in [0.2, 0.25) is 0 Å². The van der Waals surface area contributed by atoms with Crippen molar-refractivity contribution in [2.75, 3.05) is 10.8 Å². The normalized spacial score (nSPS) is 11.0. The van der Waals surface area contributed by atoms with Gasteiger partial charge in [0, 0.05) is 5.56 Å². The largest absolute Gasteiger partial charge is 0.480 e. The molecular weight excluding hydrogens is 318 g/mol. The Labute approximate surface area is 134 Å². The van der Waals surface area contributed by atoms with Gasteiger partial charge in [0.05, 0.1) is 10.6 Å². The van der Waals surface area contributed by atoms with E-state index < -0.39 is 22.5 Å². The van der Waals surface area contributed by atoms with Crippen LogP contribution in [-0.4, -0.2) is 31.8 Å². The minimum absolute atomic E-state index is 0.0190. The second-order valence-electron chi connectivity index (χ2n) is 4.82. The molecule has 0 amide bonds. The Kier molecular flexibility index (Phi) is 4.80. The molecule has 23 heavy (non-hydrogen) atoms. The van der Waals surface area contributed by atoms with E-state index in [9.17, 15) is 18.0 Å². The summed E-state index contributed by atoms with van der Waals surface area (Å²) in [5.41, 5.74) is 0.435. The number of benzene rings is 2. The summed E-state index contributed by atoms with van der Waals surface area (Å²) in [6.07, 6.45) is 0. The van der Waals surface area contributed by atoms with Crippen molar-refractivity contribution in [2.24, 2.45) is 0 Å². The quantitative estimate of drug-likeness (QED) is 0.818. The maximum absolute atomic E-state index is 12.7. The highest BCUT2D eigenvalue weighted by molar-refractivity contribution is 7.92. The van der Waals surface area contributed by atoms with Crippen LogP contribution in [0.25, 0.3) is 0 Å². The summed E-state index contributed by atoms with van der Waals surface area (Å²) in [6.45, 7) is 0.616. The van der Waals surface area contributed by atoms with Crippen molar-refractivity contribution in [1.29, 1.82) is 0 Å². The molecule has 6 nitrogen and oxygen atoms in total. The number of anilines is 1. The van der Waals surface area contributed by atoms with Gasteiger partial charge in [0.15, 0.2) is 5.78 Å². The van der Waals surface area contributed by atoms with Gasteiger partial charge in [-0.05, 0) is 31.2 Å². The lowest BCUT2D eigenvalue weighted by Crippen LogP contribution is -2.35. The van der Waals surface area contributed by atoms with Gasteiger partial charge >= 0.3 is 5.97 Å². The lowest BCUT2D eigenvalue weighted by molar-refractivity contribution is -0.135. The first-order valence-electron chi connectivity index (χ1n) is 6.73. The molecule has 0 aliphatic heterocycles. The zero-order valence-electron chi connectivity index (χ0n) is 12.3. The standard InChI is InChI=1S/C16H15NO5S/c1-12(18)13-6-5-7-14(10-13)17(11-16(19)20)23(21,22)15-8-3-2-4-9-15/h2-10H,11H2,1H3,(H,19,20). The molecular formula is C16H15NO5S. The Hall–Kier alpha value is -2.67. The highest BCUT2D eigenvalue weighted by atomic mass is 32.2. The van der Waals surface area contributed by atoms with Crippen LogP contribution in [0, 0.1) is 0 Å². The van der Waals surface area contributed by atoms with Crippen LogP contribution < -0.4 is 4.31 Å². The zero-order valence-corrected chi connectivity index (χ0v) is 13.2. The van der Waals surface area contributed by atoms with E-state index in [-0.39, 0.29) is 16.4 Å². The molecule has 0 aromatic heterocycles. The number of carboxylic acids is 1. The van der Waals surface area contributed by atoms with E-state index in [1.54, 1.807) is 24.3 Å². The van der Waals surface area contributed by atoms with E-state index in [2.05, 4.69) is 0 Å². The molecule has 0 fully saturated rings. The summed E-state index contributed by atoms with van der Waals surface area (Å²) >= 11 is 0. The van der Waals surface area contributed by atoms with Gasteiger partial charge in [-0.3, -0.25) is 13.9 Å². The molecule has 0 saturated heterocycles. The molecule has 0 bridgehead atoms. The van der Waals surface area contributed by atoms with Gasteiger partial charge < -0.3 is 5.11 Å². The van der Waals surface area contributed by atoms with Crippen molar-refractivity contribution in [3.05, 3.63) is 60.2 Å². The molecule has 2 aromatic carbocycles. The highest BCUT2D eigenvalue weighted by Crippen LogP contribution is 2.24. The Morgan fingerprint density at radius 3 is 2.26 bits per heavy atom. The number of hydrogen-bond acceptors (Lipinski definition) is 4. The van der Waals surface area contributed by atoms with Crippen LogP contribution in [-0.2, 0) is 14.8 Å². The molecule has 120 valence electrons. The van der Waals surface area contributed by atoms with E-state index in [1.165, 1.54) is 37.3 Å². The zero-order chi connectivity index (χ0) is 17.0. The van der Waals surface area contributed by atoms with Gasteiger partial charge in [-0.1, -0.05) is 30.3 Å². The molecule has 0 saturated carbocycles. The molecule has 2 rings (SSSR count). The third-order valence-corrected chi connectivity index (χ3v) is 4.94. The van der Waals surface area contributed by atoms with Crippen molar-refractivity contribution in [2.45, 2.75) is 11.8 Å². The van der Waals surface area contributed by atoms with Crippen LogP contribution >= 0.6 is 0 Å². The number of nitrogens with zero attached hydrogens (tertiary/aromatic N) is 1. The van der Waals surface area contributed by atoms with Crippen molar-refractivity contribution in [1.82, 2.24) is 0 Å². The molecule has 0 spiro atoms. The Bertz CT molecular complexity index is 831. The topological polar surface area (TPSA) is 91.8 Å². The predicted molar refractivity (Wildman–Crippen MR) is 85.1 cm³/mol. The molecule has 0 radical (unpaired) electrons. The third-order valence-electron chi connectivity index (χ3n) is 3.15. The van der Waals surface area contributed by atoms with Crippen molar-refractivity contribution < 1.29 is 23.1 Å². The monoisotopic (exact) mass is 333 g/mol. The molecule has 2 aromatic rings. The number of Topliss-reactive ketones (excluding diaryl/α,β-unsaturated/α-hetero) is 1. The predicted octanol–water partition coefficient (Wildman–Crippen LogP) is 2.17. The van der Waals surface area contributed by atoms with Crippen molar-refractivity contribution >= 4 is 27.5 Å². The van der Waals surface area contributed by atoms with Crippen molar-refractivity contribution in [3.63, 3.8) is 0 Å². The summed E-state index contributed by atoms with van der Waals surface area (Å²) in [5, 5.41) is 9.06. The fourth-order valence-electron chi connectivity index (χ4n) is 2.04. The first-order valence-corrected chi connectivity index (χ1v) is 8.17. The third kappa shape index (κ3) is 3.75. The maximum Gasteiger partial charge on any atom is 0.324 e. The molecule has 0 heterocycles. The van der Waals surface area contributed by atoms with Crippen molar-refractivity contribution in [3.8, 4) is 0 Å². The average molecular weight is 333 g/mol. The highest BCUT2D eigenvalue weighted by Gasteiger charge is 2.27. The average Bonchev–Trinajstić information content (AvgIpc) is 2.53. The Balaban J connectivity index is 2.56. The number of ketones is 1. The number of carbonyl (C=O) groups excluding carboxylic acids is 1. The van der Waals surface area contributed by atoms with Gasteiger partial charge in [0.1, 0.15) is 6.54 Å². The number of carboxylic acid groups (broad SMARTS) is 1. The smallest absolute Gasteiger partial charge is 0.324 e. The van der Waals surface area contributed by atoms with Gasteiger partial charge in [-0.2, -0.15) is 0 Å². The number of sulfonamides is 1. The molecule has 1 N–H and O–H groups in total. The minimum atomic E-state index is -4.05. The molecule has 0 atom stereocenters. The number of aliphatic carboxylic acids is 1. The number of hydrogen-bond donors (Lipinski definition) is 1. The lowest BCUT2D eigenvalue weighted by atomic mass is 10.1. The first kappa shape index (κ1) is 16.7. The molecule has 0 aliphatic carbocycles. The maximum atomic E-state index is 12.7. The van der Waals surface area contributed by atoms with Gasteiger partial charge in [-0.25, -0.2) is 8.42 Å². The van der Waals surface area contributed by atoms with Gasteiger partial charge in [0.25, 0.3) is 10.0 Å². The number of rotatable bonds is 6. The summed E-state index contributed by atoms with van der Waals surface area (Å²) in [5.74, 6) is -1.53. The summed E-state index contributed by atoms with van der Waals surface area (Å²) < 4.78 is 26.2. The summed E-state index contributed by atoms with van der Waals surface area (Å²) in [7, 11) is -4.05. The van der Waals surface area contributed by atoms with Crippen LogP contribution in [0.5, 0.6) is 0 Å². The van der Waals surface area contributed by atoms with Crippen LogP contribution in [0.3, 0.4) is 0 Å². The van der Waals surface area contributed by atoms with Crippen LogP contribution in [0.4, 0.5) is 5.69 Å². The van der Waals surface area contributed by atoms with Gasteiger partial charge in [0.2, 0.25) is 0 Å². The Morgan fingerprint density at radius 1 is 1.04 bits per heavy atom. The summed E-state index contributed by atoms with van der Waals surface area (Å²) in [6, 6.07) is 13.4. The van der Waals surface area contributed by atoms with E-state index in [0.29, 0.717) is 5.56 Å². The van der Waals surface area contributed by atoms with E-state index in [1.807, 2.05) is 0 Å². The lowest BCUT2D eigenvalue weighted by Gasteiger charge is -2.23. The van der Waals surface area contributed by atoms with E-state index in [4.69, 9.17) is 5.11 Å². The second kappa shape index (κ2) is 6.62. The molecule has 7 heteroatoms. The van der Waals surface area contributed by atoms with E-state index in [0.717, 1.165) is 4.31 Å². The molecule has 0 unspecified atom stereocenters.